The topological polar surface area (TPSA) is 63.1 Å². The number of alkyl halides is 5. The van der Waals surface area contributed by atoms with Crippen LogP contribution < -0.4 is 15.8 Å². The molecule has 4 rings (SSSR count). The van der Waals surface area contributed by atoms with Crippen molar-refractivity contribution in [2.75, 3.05) is 18.0 Å². The molecule has 1 aromatic carbocycles. The van der Waals surface area contributed by atoms with Gasteiger partial charge in [0.25, 0.3) is 5.56 Å². The molecule has 11 heteroatoms. The minimum atomic E-state index is -5.80. The highest BCUT2D eigenvalue weighted by molar-refractivity contribution is 5.76. The third-order valence-electron chi connectivity index (χ3n) is 5.41. The summed E-state index contributed by atoms with van der Waals surface area (Å²) in [5, 5.41) is 3.44. The van der Waals surface area contributed by atoms with Crippen LogP contribution in [0.2, 0.25) is 0 Å². The maximum absolute atomic E-state index is 13.8. The zero-order valence-corrected chi connectivity index (χ0v) is 16.8. The lowest BCUT2D eigenvalue weighted by atomic mass is 10.0. The van der Waals surface area contributed by atoms with Crippen molar-refractivity contribution in [2.45, 2.75) is 37.5 Å². The Morgan fingerprint density at radius 1 is 1.03 bits per heavy atom. The molecule has 32 heavy (non-hydrogen) atoms. The summed E-state index contributed by atoms with van der Waals surface area (Å²) in [6.07, 6.45) is -2.96. The summed E-state index contributed by atoms with van der Waals surface area (Å²) in [4.78, 5) is 22.8. The lowest BCUT2D eigenvalue weighted by Crippen LogP contribution is -2.43. The zero-order chi connectivity index (χ0) is 22.9. The van der Waals surface area contributed by atoms with Crippen LogP contribution in [0.4, 0.5) is 33.6 Å². The third-order valence-corrected chi connectivity index (χ3v) is 5.41. The van der Waals surface area contributed by atoms with Gasteiger partial charge in [-0.25, -0.2) is 4.98 Å². The Bertz CT molecular complexity index is 1140. The van der Waals surface area contributed by atoms with E-state index in [0.717, 1.165) is 37.7 Å². The number of rotatable bonds is 5. The molecule has 0 spiro atoms. The first kappa shape index (κ1) is 22.1. The molecule has 3 heterocycles. The van der Waals surface area contributed by atoms with Crippen LogP contribution in [0.3, 0.4) is 0 Å². The molecule has 1 fully saturated rings. The highest BCUT2D eigenvalue weighted by atomic mass is 19.4. The number of aromatic nitrogens is 3. The fraction of sp³-hybridized carbons (Fsp3) is 0.381. The number of pyridine rings is 1. The van der Waals surface area contributed by atoms with Crippen molar-refractivity contribution in [3.8, 4) is 0 Å². The first-order chi connectivity index (χ1) is 15.2. The summed E-state index contributed by atoms with van der Waals surface area (Å²) >= 11 is 0. The fourth-order valence-corrected chi connectivity index (χ4v) is 3.76. The summed E-state index contributed by atoms with van der Waals surface area (Å²) in [7, 11) is 0. The van der Waals surface area contributed by atoms with Gasteiger partial charge in [0.15, 0.2) is 0 Å². The smallest absolute Gasteiger partial charge is 0.317 e. The average Bonchev–Trinajstić information content (AvgIpc) is 2.77. The van der Waals surface area contributed by atoms with Gasteiger partial charge in [0, 0.05) is 29.4 Å². The van der Waals surface area contributed by atoms with Gasteiger partial charge < -0.3 is 10.2 Å². The number of benzene rings is 1. The Kier molecular flexibility index (Phi) is 5.85. The highest BCUT2D eigenvalue weighted by Gasteiger charge is 2.57. The van der Waals surface area contributed by atoms with E-state index in [1.807, 2.05) is 35.2 Å². The standard InChI is InChI=1S/C21H20F5N5O/c22-20(23,21(24,25)26)13-30-17(32)7-6-14-12-28-19(29-18(14)30)31(15-4-2-1-3-5-15)16-8-10-27-11-9-16/h1-7,12,16,27H,8-11,13H2. The molecule has 0 unspecified atom stereocenters. The van der Waals surface area contributed by atoms with Crippen molar-refractivity contribution in [3.05, 3.63) is 59.0 Å². The molecule has 0 saturated carbocycles. The van der Waals surface area contributed by atoms with Gasteiger partial charge in [0.05, 0.1) is 0 Å². The molecule has 1 N–H and O–H groups in total. The molecule has 170 valence electrons. The van der Waals surface area contributed by atoms with Crippen LogP contribution in [0, 0.1) is 0 Å². The van der Waals surface area contributed by atoms with Crippen molar-refractivity contribution < 1.29 is 22.0 Å². The van der Waals surface area contributed by atoms with E-state index in [2.05, 4.69) is 15.3 Å². The number of fused-ring (bicyclic) bond motifs is 1. The van der Waals surface area contributed by atoms with Gasteiger partial charge in [-0.05, 0) is 44.1 Å². The van der Waals surface area contributed by atoms with Gasteiger partial charge in [-0.3, -0.25) is 9.36 Å². The third kappa shape index (κ3) is 4.29. The molecular formula is C21H20F5N5O. The van der Waals surface area contributed by atoms with Crippen LogP contribution in [0.25, 0.3) is 11.0 Å². The molecule has 3 aromatic rings. The van der Waals surface area contributed by atoms with E-state index in [0.29, 0.717) is 4.57 Å². The number of hydrogen-bond acceptors (Lipinski definition) is 5. The van der Waals surface area contributed by atoms with Crippen molar-refractivity contribution in [1.29, 1.82) is 0 Å². The van der Waals surface area contributed by atoms with E-state index in [-0.39, 0.29) is 23.0 Å². The normalized spacial score (nSPS) is 15.8. The lowest BCUT2D eigenvalue weighted by Gasteiger charge is -2.34. The SMILES string of the molecule is O=c1ccc2cnc(N(c3ccccc3)C3CCNCC3)nc2n1CC(F)(F)C(F)(F)F. The van der Waals surface area contributed by atoms with E-state index in [1.165, 1.54) is 12.3 Å². The quantitative estimate of drug-likeness (QED) is 0.595. The molecule has 1 aliphatic rings. The predicted octanol–water partition coefficient (Wildman–Crippen LogP) is 3.88. The summed E-state index contributed by atoms with van der Waals surface area (Å²) in [5.41, 5.74) is -0.523. The van der Waals surface area contributed by atoms with E-state index >= 15 is 0 Å². The molecule has 6 nitrogen and oxygen atoms in total. The average molecular weight is 453 g/mol. The van der Waals surface area contributed by atoms with Crippen LogP contribution in [0.5, 0.6) is 0 Å². The van der Waals surface area contributed by atoms with Gasteiger partial charge in [0.2, 0.25) is 5.95 Å². The first-order valence-corrected chi connectivity index (χ1v) is 10.0. The second kappa shape index (κ2) is 8.45. The molecule has 0 radical (unpaired) electrons. The zero-order valence-electron chi connectivity index (χ0n) is 16.8. The van der Waals surface area contributed by atoms with Crippen LogP contribution in [-0.4, -0.2) is 45.8 Å². The van der Waals surface area contributed by atoms with Crippen molar-refractivity contribution in [2.24, 2.45) is 0 Å². The summed E-state index contributed by atoms with van der Waals surface area (Å²) in [5.74, 6) is -4.96. The Labute approximate surface area is 179 Å². The molecule has 1 aliphatic heterocycles. The number of anilines is 2. The number of piperidine rings is 1. The first-order valence-electron chi connectivity index (χ1n) is 10.0. The van der Waals surface area contributed by atoms with Crippen molar-refractivity contribution >= 4 is 22.7 Å². The van der Waals surface area contributed by atoms with Crippen molar-refractivity contribution in [1.82, 2.24) is 19.9 Å². The summed E-state index contributed by atoms with van der Waals surface area (Å²) in [6, 6.07) is 11.4. The second-order valence-corrected chi connectivity index (χ2v) is 7.60. The molecule has 2 aromatic heterocycles. The van der Waals surface area contributed by atoms with Gasteiger partial charge in [0.1, 0.15) is 12.2 Å². The number of hydrogen-bond donors (Lipinski definition) is 1. The van der Waals surface area contributed by atoms with E-state index in [4.69, 9.17) is 0 Å². The van der Waals surface area contributed by atoms with Crippen LogP contribution in [-0.2, 0) is 6.54 Å². The second-order valence-electron chi connectivity index (χ2n) is 7.60. The highest BCUT2D eigenvalue weighted by Crippen LogP contribution is 2.37. The minimum absolute atomic E-state index is 0.0170. The van der Waals surface area contributed by atoms with Crippen LogP contribution >= 0.6 is 0 Å². The van der Waals surface area contributed by atoms with Gasteiger partial charge in [-0.15, -0.1) is 0 Å². The van der Waals surface area contributed by atoms with E-state index in [9.17, 15) is 26.7 Å². The monoisotopic (exact) mass is 453 g/mol. The number of nitrogens with zero attached hydrogens (tertiary/aromatic N) is 4. The Morgan fingerprint density at radius 3 is 2.38 bits per heavy atom. The largest absolute Gasteiger partial charge is 0.455 e. The molecule has 0 atom stereocenters. The number of halogens is 5. The van der Waals surface area contributed by atoms with Crippen LogP contribution in [0.1, 0.15) is 12.8 Å². The minimum Gasteiger partial charge on any atom is -0.317 e. The van der Waals surface area contributed by atoms with E-state index < -0.39 is 24.2 Å². The van der Waals surface area contributed by atoms with E-state index in [1.54, 1.807) is 0 Å². The van der Waals surface area contributed by atoms with Gasteiger partial charge in [-0.1, -0.05) is 18.2 Å². The Balaban J connectivity index is 1.84. The van der Waals surface area contributed by atoms with Gasteiger partial charge >= 0.3 is 12.1 Å². The summed E-state index contributed by atoms with van der Waals surface area (Å²) in [6.45, 7) is -0.351. The maximum atomic E-state index is 13.8. The molecular weight excluding hydrogens is 433 g/mol. The molecule has 0 bridgehead atoms. The van der Waals surface area contributed by atoms with Crippen LogP contribution in [0.15, 0.2) is 53.5 Å². The molecule has 1 saturated heterocycles. The number of para-hydroxylation sites is 1. The molecule has 0 amide bonds. The molecule has 0 aliphatic carbocycles. The summed E-state index contributed by atoms with van der Waals surface area (Å²) < 4.78 is 66.4. The number of nitrogens with one attached hydrogen (secondary N) is 1. The van der Waals surface area contributed by atoms with Crippen molar-refractivity contribution in [3.63, 3.8) is 0 Å². The maximum Gasteiger partial charge on any atom is 0.455 e. The van der Waals surface area contributed by atoms with Gasteiger partial charge in [-0.2, -0.15) is 26.9 Å². The predicted molar refractivity (Wildman–Crippen MR) is 109 cm³/mol. The lowest BCUT2D eigenvalue weighted by molar-refractivity contribution is -0.286. The Hall–Kier alpha value is -3.08. The Morgan fingerprint density at radius 2 is 1.72 bits per heavy atom. The fourth-order valence-electron chi connectivity index (χ4n) is 3.76.